The van der Waals surface area contributed by atoms with Crippen LogP contribution in [-0.4, -0.2) is 5.38 Å². The Morgan fingerprint density at radius 1 is 1.23 bits per heavy atom. The van der Waals surface area contributed by atoms with Crippen molar-refractivity contribution in [1.29, 1.82) is 0 Å². The molecule has 1 rings (SSSR count). The largest absolute Gasteiger partial charge is 0.123 e. The minimum absolute atomic E-state index is 0.448. The maximum absolute atomic E-state index is 6.30. The number of hydrogen-bond donors (Lipinski definition) is 0. The first kappa shape index (κ1) is 11.4. The van der Waals surface area contributed by atoms with E-state index in [1.165, 1.54) is 25.7 Å². The van der Waals surface area contributed by atoms with Gasteiger partial charge >= 0.3 is 0 Å². The van der Waals surface area contributed by atoms with Gasteiger partial charge in [0.1, 0.15) is 0 Å². The zero-order chi connectivity index (χ0) is 10.1. The fraction of sp³-hybridized carbons (Fsp3) is 1.00. The molecule has 0 radical (unpaired) electrons. The molecule has 0 saturated heterocycles. The summed E-state index contributed by atoms with van der Waals surface area (Å²) < 4.78 is 0. The van der Waals surface area contributed by atoms with Gasteiger partial charge in [-0.2, -0.15) is 0 Å². The van der Waals surface area contributed by atoms with E-state index in [0.29, 0.717) is 10.8 Å². The van der Waals surface area contributed by atoms with Crippen molar-refractivity contribution in [2.24, 2.45) is 17.3 Å². The number of hydrogen-bond acceptors (Lipinski definition) is 0. The van der Waals surface area contributed by atoms with Crippen LogP contribution in [0.3, 0.4) is 0 Å². The predicted molar refractivity (Wildman–Crippen MR) is 60.2 cm³/mol. The van der Waals surface area contributed by atoms with Crippen molar-refractivity contribution >= 4 is 11.6 Å². The second kappa shape index (κ2) is 4.21. The van der Waals surface area contributed by atoms with Crippen LogP contribution in [0.5, 0.6) is 0 Å². The normalized spacial score (nSPS) is 36.2. The molecule has 3 atom stereocenters. The average Bonchev–Trinajstić information content (AvgIpc) is 2.03. The topological polar surface area (TPSA) is 0 Å². The van der Waals surface area contributed by atoms with Gasteiger partial charge in [-0.05, 0) is 36.5 Å². The van der Waals surface area contributed by atoms with Crippen molar-refractivity contribution < 1.29 is 0 Å². The molecule has 0 aliphatic heterocycles. The monoisotopic (exact) mass is 202 g/mol. The van der Waals surface area contributed by atoms with E-state index in [-0.39, 0.29) is 0 Å². The summed E-state index contributed by atoms with van der Waals surface area (Å²) in [4.78, 5) is 0. The molecule has 3 unspecified atom stereocenters. The van der Waals surface area contributed by atoms with Gasteiger partial charge in [0.15, 0.2) is 0 Å². The zero-order valence-corrected chi connectivity index (χ0v) is 10.2. The minimum atomic E-state index is 0.448. The van der Waals surface area contributed by atoms with Crippen molar-refractivity contribution in [2.75, 3.05) is 0 Å². The Balaban J connectivity index is 2.55. The molecule has 78 valence electrons. The Hall–Kier alpha value is 0.290. The molecule has 1 aliphatic rings. The second-order valence-electron chi connectivity index (χ2n) is 5.56. The van der Waals surface area contributed by atoms with E-state index in [4.69, 9.17) is 11.6 Å². The van der Waals surface area contributed by atoms with Gasteiger partial charge in [-0.15, -0.1) is 11.6 Å². The lowest BCUT2D eigenvalue weighted by atomic mass is 9.68. The Labute approximate surface area is 88.1 Å². The maximum Gasteiger partial charge on any atom is 0.0364 e. The minimum Gasteiger partial charge on any atom is -0.123 e. The quantitative estimate of drug-likeness (QED) is 0.551. The summed E-state index contributed by atoms with van der Waals surface area (Å²) in [6.45, 7) is 9.35. The first-order chi connectivity index (χ1) is 5.95. The number of halogens is 1. The van der Waals surface area contributed by atoms with Gasteiger partial charge in [-0.25, -0.2) is 0 Å². The van der Waals surface area contributed by atoms with Gasteiger partial charge in [-0.3, -0.25) is 0 Å². The second-order valence-corrected chi connectivity index (χ2v) is 6.12. The van der Waals surface area contributed by atoms with E-state index >= 15 is 0 Å². The molecule has 0 aromatic carbocycles. The fourth-order valence-electron chi connectivity index (χ4n) is 2.44. The van der Waals surface area contributed by atoms with Crippen molar-refractivity contribution in [1.82, 2.24) is 0 Å². The Kier molecular flexibility index (Phi) is 3.68. The third kappa shape index (κ3) is 2.87. The van der Waals surface area contributed by atoms with E-state index in [1.807, 2.05) is 0 Å². The molecule has 0 aromatic heterocycles. The molecule has 13 heavy (non-hydrogen) atoms. The van der Waals surface area contributed by atoms with Gasteiger partial charge in [-0.1, -0.05) is 34.1 Å². The van der Waals surface area contributed by atoms with Crippen LogP contribution in [0.4, 0.5) is 0 Å². The van der Waals surface area contributed by atoms with E-state index in [9.17, 15) is 0 Å². The van der Waals surface area contributed by atoms with E-state index in [1.54, 1.807) is 0 Å². The van der Waals surface area contributed by atoms with Crippen molar-refractivity contribution in [3.8, 4) is 0 Å². The highest BCUT2D eigenvalue weighted by atomic mass is 35.5. The van der Waals surface area contributed by atoms with Crippen LogP contribution < -0.4 is 0 Å². The molecule has 0 bridgehead atoms. The van der Waals surface area contributed by atoms with Crippen LogP contribution in [0.15, 0.2) is 0 Å². The average molecular weight is 203 g/mol. The molecule has 0 spiro atoms. The summed E-state index contributed by atoms with van der Waals surface area (Å²) in [5.74, 6) is 1.65. The molecule has 1 saturated carbocycles. The molecule has 0 heterocycles. The lowest BCUT2D eigenvalue weighted by molar-refractivity contribution is 0.142. The van der Waals surface area contributed by atoms with E-state index in [0.717, 1.165) is 11.8 Å². The molecule has 0 amide bonds. The molecule has 0 nitrogen and oxygen atoms in total. The van der Waals surface area contributed by atoms with Crippen molar-refractivity contribution in [3.05, 3.63) is 0 Å². The highest BCUT2D eigenvalue weighted by molar-refractivity contribution is 6.20. The fourth-order valence-corrected chi connectivity index (χ4v) is 2.84. The summed E-state index contributed by atoms with van der Waals surface area (Å²) in [6, 6.07) is 0. The smallest absolute Gasteiger partial charge is 0.0364 e. The first-order valence-corrected chi connectivity index (χ1v) is 6.03. The molecular weight excluding hydrogens is 180 g/mol. The van der Waals surface area contributed by atoms with E-state index < -0.39 is 0 Å². The third-order valence-corrected chi connectivity index (χ3v) is 4.21. The highest BCUT2D eigenvalue weighted by Crippen LogP contribution is 2.42. The molecule has 1 aliphatic carbocycles. The molecular formula is C12H23Cl. The lowest BCUT2D eigenvalue weighted by Gasteiger charge is -2.39. The Morgan fingerprint density at radius 2 is 1.85 bits per heavy atom. The summed E-state index contributed by atoms with van der Waals surface area (Å²) in [7, 11) is 0. The summed E-state index contributed by atoms with van der Waals surface area (Å²) in [6.07, 6.45) is 5.14. The standard InChI is InChI=1S/C12H23Cl/c1-5-9-8-10(12(2,3)4)6-7-11(9)13/h9-11H,5-8H2,1-4H3. The van der Waals surface area contributed by atoms with Crippen LogP contribution >= 0.6 is 11.6 Å². The van der Waals surface area contributed by atoms with E-state index in [2.05, 4.69) is 27.7 Å². The van der Waals surface area contributed by atoms with Gasteiger partial charge < -0.3 is 0 Å². The van der Waals surface area contributed by atoms with Crippen LogP contribution in [0.1, 0.15) is 53.4 Å². The summed E-state index contributed by atoms with van der Waals surface area (Å²) in [5.41, 5.74) is 0.477. The van der Waals surface area contributed by atoms with Gasteiger partial charge in [0, 0.05) is 5.38 Å². The molecule has 0 N–H and O–H groups in total. The van der Waals surface area contributed by atoms with Gasteiger partial charge in [0.05, 0.1) is 0 Å². The maximum atomic E-state index is 6.30. The van der Waals surface area contributed by atoms with Crippen LogP contribution in [0.25, 0.3) is 0 Å². The van der Waals surface area contributed by atoms with Crippen molar-refractivity contribution in [3.63, 3.8) is 0 Å². The van der Waals surface area contributed by atoms with Gasteiger partial charge in [0.2, 0.25) is 0 Å². The molecule has 1 fully saturated rings. The van der Waals surface area contributed by atoms with Crippen molar-refractivity contribution in [2.45, 2.75) is 58.8 Å². The third-order valence-electron chi connectivity index (χ3n) is 3.64. The lowest BCUT2D eigenvalue weighted by Crippen LogP contribution is -2.32. The SMILES string of the molecule is CCC1CC(C(C)(C)C)CCC1Cl. The number of alkyl halides is 1. The van der Waals surface area contributed by atoms with Crippen LogP contribution in [0, 0.1) is 17.3 Å². The number of rotatable bonds is 1. The molecule has 0 aromatic rings. The predicted octanol–water partition coefficient (Wildman–Crippen LogP) is 4.47. The summed E-state index contributed by atoms with van der Waals surface area (Å²) in [5, 5.41) is 0.448. The van der Waals surface area contributed by atoms with Crippen LogP contribution in [-0.2, 0) is 0 Å². The summed E-state index contributed by atoms with van der Waals surface area (Å²) >= 11 is 6.30. The Bertz CT molecular complexity index is 157. The Morgan fingerprint density at radius 3 is 2.31 bits per heavy atom. The first-order valence-electron chi connectivity index (χ1n) is 5.59. The highest BCUT2D eigenvalue weighted by Gasteiger charge is 2.33. The van der Waals surface area contributed by atoms with Gasteiger partial charge in [0.25, 0.3) is 0 Å². The zero-order valence-electron chi connectivity index (χ0n) is 9.44. The van der Waals surface area contributed by atoms with Crippen LogP contribution in [0.2, 0.25) is 0 Å². The molecule has 1 heteroatoms.